The number of carbonyl (C=O) groups is 3. The monoisotopic (exact) mass is 491 g/mol. The Labute approximate surface area is 202 Å². The van der Waals surface area contributed by atoms with E-state index in [2.05, 4.69) is 12.2 Å². The lowest BCUT2D eigenvalue weighted by atomic mass is 10.1. The summed E-state index contributed by atoms with van der Waals surface area (Å²) in [5, 5.41) is 1.67. The quantitative estimate of drug-likeness (QED) is 0.151. The van der Waals surface area contributed by atoms with Gasteiger partial charge in [0.2, 0.25) is 0 Å². The summed E-state index contributed by atoms with van der Waals surface area (Å²) in [6.45, 7) is 2.34. The van der Waals surface area contributed by atoms with Crippen molar-refractivity contribution in [3.8, 4) is 0 Å². The second-order valence-corrected chi connectivity index (χ2v) is 9.38. The number of rotatable bonds is 12. The van der Waals surface area contributed by atoms with E-state index in [1.807, 2.05) is 60.7 Å². The van der Waals surface area contributed by atoms with Gasteiger partial charge < -0.3 is 14.2 Å². The van der Waals surface area contributed by atoms with Gasteiger partial charge in [-0.3, -0.25) is 0 Å². The highest BCUT2D eigenvalue weighted by Gasteiger charge is 2.18. The molecule has 1 atom stereocenters. The van der Waals surface area contributed by atoms with E-state index < -0.39 is 23.6 Å². The van der Waals surface area contributed by atoms with E-state index in [0.717, 1.165) is 41.2 Å². The van der Waals surface area contributed by atoms with Crippen molar-refractivity contribution >= 4 is 39.1 Å². The molecule has 33 heavy (non-hydrogen) atoms. The summed E-state index contributed by atoms with van der Waals surface area (Å²) in [4.78, 5) is 35.9. The van der Waals surface area contributed by atoms with E-state index in [1.54, 1.807) is 0 Å². The molecule has 1 N–H and O–H groups in total. The molecule has 0 aliphatic heterocycles. The molecule has 178 valence electrons. The molecule has 0 saturated carbocycles. The first-order chi connectivity index (χ1) is 16.1. The number of carbonyl (C=O) groups excluding carboxylic acids is 3. The van der Waals surface area contributed by atoms with Crippen molar-refractivity contribution in [2.45, 2.75) is 51.9 Å². The normalized spacial score (nSPS) is 11.3. The first-order valence-electron chi connectivity index (χ1n) is 10.7. The van der Waals surface area contributed by atoms with Gasteiger partial charge in [0, 0.05) is 16.5 Å². The number of amides is 2. The van der Waals surface area contributed by atoms with Crippen molar-refractivity contribution in [2.24, 2.45) is 0 Å². The predicted octanol–water partition coefficient (Wildman–Crippen LogP) is 6.72. The minimum absolute atomic E-state index is 0.0530. The van der Waals surface area contributed by atoms with E-state index >= 15 is 0 Å². The van der Waals surface area contributed by atoms with Gasteiger partial charge in [-0.15, -0.1) is 0 Å². The van der Waals surface area contributed by atoms with Crippen LogP contribution in [-0.4, -0.2) is 29.3 Å². The van der Waals surface area contributed by atoms with Crippen LogP contribution in [0.25, 0.3) is 0 Å². The Bertz CT molecular complexity index is 851. The molecule has 9 heteroatoms. The van der Waals surface area contributed by atoms with Crippen molar-refractivity contribution in [3.63, 3.8) is 0 Å². The summed E-state index contributed by atoms with van der Waals surface area (Å²) < 4.78 is 15.7. The summed E-state index contributed by atoms with van der Waals surface area (Å²) in [6, 6.07) is 18.6. The molecule has 0 saturated heterocycles. The summed E-state index contributed by atoms with van der Waals surface area (Å²) >= 11 is 0. The molecule has 0 aliphatic carbocycles. The molecule has 0 bridgehead atoms. The van der Waals surface area contributed by atoms with Crippen LogP contribution >= 0.6 is 21.6 Å². The molecule has 2 amide bonds. The molecule has 0 unspecified atom stereocenters. The second-order valence-electron chi connectivity index (χ2n) is 7.10. The van der Waals surface area contributed by atoms with Crippen LogP contribution in [0.5, 0.6) is 0 Å². The van der Waals surface area contributed by atoms with Gasteiger partial charge >= 0.3 is 17.5 Å². The SMILES string of the molecule is CCCCC[C@H](CSSC(=O)OCc1ccccc1)OC(=O)NC(=O)OCc1ccccc1. The Morgan fingerprint density at radius 3 is 2.06 bits per heavy atom. The maximum Gasteiger partial charge on any atom is 0.416 e. The third kappa shape index (κ3) is 12.2. The van der Waals surface area contributed by atoms with E-state index in [-0.39, 0.29) is 13.2 Å². The van der Waals surface area contributed by atoms with E-state index in [9.17, 15) is 14.4 Å². The van der Waals surface area contributed by atoms with Gasteiger partial charge in [-0.25, -0.2) is 19.7 Å². The summed E-state index contributed by atoms with van der Waals surface area (Å²) in [7, 11) is 2.21. The van der Waals surface area contributed by atoms with Crippen molar-refractivity contribution < 1.29 is 28.6 Å². The average Bonchev–Trinajstić information content (AvgIpc) is 2.82. The van der Waals surface area contributed by atoms with Crippen molar-refractivity contribution in [2.75, 3.05) is 5.75 Å². The fourth-order valence-electron chi connectivity index (χ4n) is 2.72. The Morgan fingerprint density at radius 2 is 1.45 bits per heavy atom. The Kier molecular flexibility index (Phi) is 12.9. The Balaban J connectivity index is 1.70. The van der Waals surface area contributed by atoms with Crippen LogP contribution in [0.4, 0.5) is 14.4 Å². The highest BCUT2D eigenvalue weighted by molar-refractivity contribution is 8.82. The van der Waals surface area contributed by atoms with Gasteiger partial charge in [0.25, 0.3) is 0 Å². The predicted molar refractivity (Wildman–Crippen MR) is 131 cm³/mol. The Morgan fingerprint density at radius 1 is 0.848 bits per heavy atom. The van der Waals surface area contributed by atoms with E-state index in [0.29, 0.717) is 12.2 Å². The standard InChI is InChI=1S/C24H29NO6S2/c1-2-3-6-15-21(18-32-33-24(28)30-17-20-13-9-5-10-14-20)31-23(27)25-22(26)29-16-19-11-7-4-8-12-19/h4-5,7-14,21H,2-3,6,15-18H2,1H3,(H,25,26,27)/t21-/m1/s1. The topological polar surface area (TPSA) is 90.9 Å². The third-order valence-electron chi connectivity index (χ3n) is 4.40. The van der Waals surface area contributed by atoms with Gasteiger partial charge in [0.15, 0.2) is 0 Å². The van der Waals surface area contributed by atoms with Crippen molar-refractivity contribution in [3.05, 3.63) is 71.8 Å². The number of unbranched alkanes of at least 4 members (excludes halogenated alkanes) is 2. The molecule has 2 aromatic rings. The highest BCUT2D eigenvalue weighted by atomic mass is 33.1. The van der Waals surface area contributed by atoms with Crippen LogP contribution < -0.4 is 5.32 Å². The molecule has 7 nitrogen and oxygen atoms in total. The van der Waals surface area contributed by atoms with Gasteiger partial charge in [-0.2, -0.15) is 0 Å². The van der Waals surface area contributed by atoms with Crippen LogP contribution in [0.1, 0.15) is 43.7 Å². The van der Waals surface area contributed by atoms with Crippen LogP contribution in [0, 0.1) is 0 Å². The summed E-state index contributed by atoms with van der Waals surface area (Å²) in [6.07, 6.45) is 1.34. The zero-order valence-corrected chi connectivity index (χ0v) is 20.2. The maximum atomic E-state index is 12.1. The first-order valence-corrected chi connectivity index (χ1v) is 13.1. The Hall–Kier alpha value is -2.65. The molecule has 0 aromatic heterocycles. The van der Waals surface area contributed by atoms with Gasteiger partial charge in [-0.05, 0) is 24.0 Å². The zero-order chi connectivity index (χ0) is 23.7. The van der Waals surface area contributed by atoms with Crippen LogP contribution in [0.15, 0.2) is 60.7 Å². The minimum Gasteiger partial charge on any atom is -0.452 e. The number of ether oxygens (including phenoxy) is 3. The lowest BCUT2D eigenvalue weighted by Crippen LogP contribution is -2.35. The smallest absolute Gasteiger partial charge is 0.416 e. The van der Waals surface area contributed by atoms with Crippen LogP contribution in [0.2, 0.25) is 0 Å². The number of imide groups is 1. The number of hydrogen-bond donors (Lipinski definition) is 1. The summed E-state index contributed by atoms with van der Waals surface area (Å²) in [5.74, 6) is 0.390. The average molecular weight is 492 g/mol. The first kappa shape index (κ1) is 26.6. The molecule has 0 fully saturated rings. The lowest BCUT2D eigenvalue weighted by molar-refractivity contribution is 0.0944. The number of hydrogen-bond acceptors (Lipinski definition) is 8. The molecule has 0 radical (unpaired) electrons. The molecule has 0 spiro atoms. The van der Waals surface area contributed by atoms with Gasteiger partial charge in [-0.1, -0.05) is 91.2 Å². The maximum absolute atomic E-state index is 12.1. The molecule has 0 heterocycles. The lowest BCUT2D eigenvalue weighted by Gasteiger charge is -2.17. The minimum atomic E-state index is -0.873. The third-order valence-corrected chi connectivity index (χ3v) is 6.45. The second kappa shape index (κ2) is 16.0. The molecule has 0 aliphatic rings. The number of nitrogens with one attached hydrogen (secondary N) is 1. The fourth-order valence-corrected chi connectivity index (χ4v) is 4.47. The fraction of sp³-hybridized carbons (Fsp3) is 0.375. The zero-order valence-electron chi connectivity index (χ0n) is 18.6. The van der Waals surface area contributed by atoms with Crippen molar-refractivity contribution in [1.82, 2.24) is 5.32 Å². The molecule has 2 aromatic carbocycles. The number of benzene rings is 2. The van der Waals surface area contributed by atoms with Crippen LogP contribution in [0.3, 0.4) is 0 Å². The van der Waals surface area contributed by atoms with Crippen LogP contribution in [-0.2, 0) is 27.4 Å². The largest absolute Gasteiger partial charge is 0.452 e. The number of alkyl carbamates (subject to hydrolysis) is 2. The van der Waals surface area contributed by atoms with E-state index in [1.165, 1.54) is 10.8 Å². The summed E-state index contributed by atoms with van der Waals surface area (Å²) in [5.41, 5.74) is 1.72. The van der Waals surface area contributed by atoms with Gasteiger partial charge in [0.1, 0.15) is 19.3 Å². The highest BCUT2D eigenvalue weighted by Crippen LogP contribution is 2.27. The van der Waals surface area contributed by atoms with Crippen molar-refractivity contribution in [1.29, 1.82) is 0 Å². The molecule has 2 rings (SSSR count). The van der Waals surface area contributed by atoms with E-state index in [4.69, 9.17) is 14.2 Å². The molecular weight excluding hydrogens is 462 g/mol. The molecular formula is C24H29NO6S2. The van der Waals surface area contributed by atoms with Gasteiger partial charge in [0.05, 0.1) is 0 Å².